The van der Waals surface area contributed by atoms with Crippen LogP contribution < -0.4 is 10.1 Å². The number of para-hydroxylation sites is 1. The average molecular weight is 409 g/mol. The molecular weight excluding hydrogens is 386 g/mol. The summed E-state index contributed by atoms with van der Waals surface area (Å²) in [6.45, 7) is 1.41. The number of fused-ring (bicyclic) bond motifs is 1. The van der Waals surface area contributed by atoms with E-state index in [0.717, 1.165) is 24.2 Å². The molecule has 7 heteroatoms. The van der Waals surface area contributed by atoms with Gasteiger partial charge in [-0.05, 0) is 36.1 Å². The minimum atomic E-state index is -2.96. The van der Waals surface area contributed by atoms with Gasteiger partial charge in [-0.15, -0.1) is 12.4 Å². The molecule has 0 bridgehead atoms. The van der Waals surface area contributed by atoms with Crippen molar-refractivity contribution >= 4 is 18.3 Å². The molecule has 3 atom stereocenters. The maximum Gasteiger partial charge on any atom is 0.387 e. The molecule has 0 spiro atoms. The highest BCUT2D eigenvalue weighted by Gasteiger charge is 2.47. The van der Waals surface area contributed by atoms with Gasteiger partial charge in [0.05, 0.1) is 11.6 Å². The summed E-state index contributed by atoms with van der Waals surface area (Å²) in [5.74, 6) is 0.352. The first-order valence-electron chi connectivity index (χ1n) is 9.17. The largest absolute Gasteiger partial charge is 0.434 e. The van der Waals surface area contributed by atoms with Crippen molar-refractivity contribution in [2.75, 3.05) is 19.6 Å². The van der Waals surface area contributed by atoms with E-state index in [1.807, 2.05) is 30.0 Å². The van der Waals surface area contributed by atoms with Crippen molar-refractivity contribution in [2.24, 2.45) is 11.8 Å². The number of benzene rings is 2. The Morgan fingerprint density at radius 3 is 2.61 bits per heavy atom. The first kappa shape index (κ1) is 20.6. The lowest BCUT2D eigenvalue weighted by atomic mass is 9.87. The highest BCUT2D eigenvalue weighted by atomic mass is 35.5. The molecule has 2 saturated heterocycles. The van der Waals surface area contributed by atoms with Gasteiger partial charge < -0.3 is 15.0 Å². The highest BCUT2D eigenvalue weighted by Crippen LogP contribution is 2.44. The molecule has 2 heterocycles. The molecule has 2 aromatic rings. The van der Waals surface area contributed by atoms with Crippen LogP contribution in [0, 0.1) is 18.8 Å². The van der Waals surface area contributed by atoms with Gasteiger partial charge in [0.2, 0.25) is 0 Å². The van der Waals surface area contributed by atoms with Gasteiger partial charge in [0, 0.05) is 25.6 Å². The predicted molar refractivity (Wildman–Crippen MR) is 105 cm³/mol. The fourth-order valence-electron chi connectivity index (χ4n) is 4.44. The summed E-state index contributed by atoms with van der Waals surface area (Å²) in [5.41, 5.74) is 2.43. The van der Waals surface area contributed by atoms with Crippen LogP contribution in [0.5, 0.6) is 5.75 Å². The first-order valence-corrected chi connectivity index (χ1v) is 9.17. The number of likely N-dealkylation sites (tertiary alicyclic amines) is 1. The Morgan fingerprint density at radius 2 is 1.86 bits per heavy atom. The van der Waals surface area contributed by atoms with Crippen molar-refractivity contribution in [1.82, 2.24) is 10.2 Å². The van der Waals surface area contributed by atoms with E-state index < -0.39 is 6.61 Å². The lowest BCUT2D eigenvalue weighted by Crippen LogP contribution is -2.35. The number of aryl methyl sites for hydroxylation is 1. The van der Waals surface area contributed by atoms with Gasteiger partial charge in [0.15, 0.2) is 0 Å². The molecule has 2 aliphatic heterocycles. The van der Waals surface area contributed by atoms with E-state index in [-0.39, 0.29) is 35.7 Å². The molecule has 4 rings (SSSR count). The fraction of sp³-hybridized carbons (Fsp3) is 0.381. The Bertz CT molecular complexity index is 849. The number of carbonyl (C=O) groups excluding carboxylic acids is 1. The quantitative estimate of drug-likeness (QED) is 0.829. The number of hydrogen-bond donors (Lipinski definition) is 1. The van der Waals surface area contributed by atoms with Gasteiger partial charge in [-0.2, -0.15) is 8.78 Å². The van der Waals surface area contributed by atoms with E-state index in [9.17, 15) is 13.6 Å². The molecule has 28 heavy (non-hydrogen) atoms. The second-order valence-electron chi connectivity index (χ2n) is 7.22. The van der Waals surface area contributed by atoms with E-state index in [1.165, 1.54) is 6.07 Å². The van der Waals surface area contributed by atoms with Crippen molar-refractivity contribution < 1.29 is 18.3 Å². The summed E-state index contributed by atoms with van der Waals surface area (Å²) in [5, 5.41) is 3.42. The standard InChI is InChI=1S/C21H22F2N2O2.ClH/c1-13-6-2-3-7-15(13)19-17-11-24-10-14(17)12-25(19)20(26)16-8-4-5-9-18(16)27-21(22)23;/h2-9,14,17,19,21,24H,10-12H2,1H3;1H/t14-,17-,19+;/m0./s1. The number of carbonyl (C=O) groups is 1. The van der Waals surface area contributed by atoms with Crippen LogP contribution in [0.1, 0.15) is 27.5 Å². The average Bonchev–Trinajstić information content (AvgIpc) is 3.23. The van der Waals surface area contributed by atoms with Crippen molar-refractivity contribution in [2.45, 2.75) is 19.6 Å². The van der Waals surface area contributed by atoms with E-state index in [0.29, 0.717) is 18.4 Å². The van der Waals surface area contributed by atoms with Gasteiger partial charge >= 0.3 is 6.61 Å². The SMILES string of the molecule is Cc1ccccc1[C@@H]1[C@H]2CNC[C@H]2CN1C(=O)c1ccccc1OC(F)F.Cl. The smallest absolute Gasteiger partial charge is 0.387 e. The summed E-state index contributed by atoms with van der Waals surface area (Å²) < 4.78 is 30.1. The van der Waals surface area contributed by atoms with Crippen LogP contribution in [-0.2, 0) is 0 Å². The zero-order valence-electron chi connectivity index (χ0n) is 15.5. The minimum Gasteiger partial charge on any atom is -0.434 e. The molecule has 0 aliphatic carbocycles. The lowest BCUT2D eigenvalue weighted by molar-refractivity contribution is -0.0503. The number of alkyl halides is 2. The molecular formula is C21H23ClF2N2O2. The molecule has 150 valence electrons. The van der Waals surface area contributed by atoms with Crippen molar-refractivity contribution in [3.63, 3.8) is 0 Å². The van der Waals surface area contributed by atoms with E-state index in [1.54, 1.807) is 18.2 Å². The summed E-state index contributed by atoms with van der Waals surface area (Å²) in [6.07, 6.45) is 0. The molecule has 2 fully saturated rings. The molecule has 0 saturated carbocycles. The van der Waals surface area contributed by atoms with Crippen LogP contribution in [0.4, 0.5) is 8.78 Å². The van der Waals surface area contributed by atoms with E-state index in [4.69, 9.17) is 0 Å². The molecule has 1 N–H and O–H groups in total. The third-order valence-electron chi connectivity index (χ3n) is 5.67. The molecule has 4 nitrogen and oxygen atoms in total. The maximum absolute atomic E-state index is 13.4. The van der Waals surface area contributed by atoms with Crippen LogP contribution in [0.15, 0.2) is 48.5 Å². The zero-order valence-corrected chi connectivity index (χ0v) is 16.3. The topological polar surface area (TPSA) is 41.6 Å². The molecule has 0 aromatic heterocycles. The molecule has 0 unspecified atom stereocenters. The number of nitrogens with one attached hydrogen (secondary N) is 1. The first-order chi connectivity index (χ1) is 13.1. The second kappa shape index (κ2) is 8.45. The van der Waals surface area contributed by atoms with E-state index in [2.05, 4.69) is 16.1 Å². The van der Waals surface area contributed by atoms with Crippen LogP contribution in [0.3, 0.4) is 0 Å². The number of nitrogens with zero attached hydrogens (tertiary/aromatic N) is 1. The molecule has 2 aromatic carbocycles. The van der Waals surface area contributed by atoms with Crippen LogP contribution in [0.25, 0.3) is 0 Å². The van der Waals surface area contributed by atoms with Crippen LogP contribution >= 0.6 is 12.4 Å². The Morgan fingerprint density at radius 1 is 1.14 bits per heavy atom. The molecule has 0 radical (unpaired) electrons. The number of hydrogen-bond acceptors (Lipinski definition) is 3. The van der Waals surface area contributed by atoms with Crippen molar-refractivity contribution in [1.29, 1.82) is 0 Å². The van der Waals surface area contributed by atoms with Gasteiger partial charge in [-0.3, -0.25) is 4.79 Å². The minimum absolute atomic E-state index is 0. The van der Waals surface area contributed by atoms with Crippen molar-refractivity contribution in [3.05, 3.63) is 65.2 Å². The molecule has 2 aliphatic rings. The number of ether oxygens (including phenoxy) is 1. The maximum atomic E-state index is 13.4. The number of halogens is 3. The van der Waals surface area contributed by atoms with Crippen LogP contribution in [0.2, 0.25) is 0 Å². The number of rotatable bonds is 4. The summed E-state index contributed by atoms with van der Waals surface area (Å²) >= 11 is 0. The van der Waals surface area contributed by atoms with Crippen LogP contribution in [-0.4, -0.2) is 37.1 Å². The normalized spacial score (nSPS) is 23.4. The predicted octanol–water partition coefficient (Wildman–Crippen LogP) is 4.05. The Hall–Kier alpha value is -2.18. The fourth-order valence-corrected chi connectivity index (χ4v) is 4.44. The molecule has 1 amide bonds. The third-order valence-corrected chi connectivity index (χ3v) is 5.67. The van der Waals surface area contributed by atoms with Gasteiger partial charge in [0.25, 0.3) is 5.91 Å². The summed E-state index contributed by atoms with van der Waals surface area (Å²) in [4.78, 5) is 15.2. The van der Waals surface area contributed by atoms with Gasteiger partial charge in [-0.1, -0.05) is 36.4 Å². The number of amides is 1. The van der Waals surface area contributed by atoms with E-state index >= 15 is 0 Å². The zero-order chi connectivity index (χ0) is 19.0. The van der Waals surface area contributed by atoms with Crippen molar-refractivity contribution in [3.8, 4) is 5.75 Å². The Labute approximate surface area is 169 Å². The third kappa shape index (κ3) is 3.71. The lowest BCUT2D eigenvalue weighted by Gasteiger charge is -2.30. The highest BCUT2D eigenvalue weighted by molar-refractivity contribution is 5.97. The Balaban J connectivity index is 0.00000225. The summed E-state index contributed by atoms with van der Waals surface area (Å²) in [6, 6.07) is 14.2. The van der Waals surface area contributed by atoms with Gasteiger partial charge in [-0.25, -0.2) is 0 Å². The Kier molecular flexibility index (Phi) is 6.20. The second-order valence-corrected chi connectivity index (χ2v) is 7.22. The monoisotopic (exact) mass is 408 g/mol. The van der Waals surface area contributed by atoms with Gasteiger partial charge in [0.1, 0.15) is 5.75 Å². The summed E-state index contributed by atoms with van der Waals surface area (Å²) in [7, 11) is 0.